The average Bonchev–Trinajstić information content (AvgIpc) is 3.18. The summed E-state index contributed by atoms with van der Waals surface area (Å²) in [7, 11) is 1.43. The molecule has 0 saturated carbocycles. The van der Waals surface area contributed by atoms with Crippen molar-refractivity contribution in [3.63, 3.8) is 0 Å². The molecule has 142 valence electrons. The van der Waals surface area contributed by atoms with Gasteiger partial charge in [-0.3, -0.25) is 14.4 Å². The number of ether oxygens (including phenoxy) is 2. The minimum atomic E-state index is -0.925. The summed E-state index contributed by atoms with van der Waals surface area (Å²) in [6.07, 6.45) is 2.78. The number of methoxy groups -OCH3 is 1. The Balaban J connectivity index is 1.87. The number of nitrogens with zero attached hydrogens (tertiary/aromatic N) is 1. The van der Waals surface area contributed by atoms with E-state index in [1.807, 2.05) is 0 Å². The Morgan fingerprint density at radius 3 is 2.70 bits per heavy atom. The third-order valence-electron chi connectivity index (χ3n) is 3.15. The summed E-state index contributed by atoms with van der Waals surface area (Å²) in [5.41, 5.74) is 7.70. The lowest BCUT2D eigenvalue weighted by Crippen LogP contribution is -2.37. The maximum atomic E-state index is 11.7. The van der Waals surface area contributed by atoms with E-state index in [0.29, 0.717) is 22.8 Å². The fourth-order valence-corrected chi connectivity index (χ4v) is 1.91. The Bertz CT molecular complexity index is 832. The Kier molecular flexibility index (Phi) is 6.94. The predicted octanol–water partition coefficient (Wildman–Crippen LogP) is -0.0812. The first-order valence-electron chi connectivity index (χ1n) is 7.72. The van der Waals surface area contributed by atoms with Crippen LogP contribution in [0.5, 0.6) is 11.5 Å². The largest absolute Gasteiger partial charge is 0.493 e. The molecular weight excluding hydrogens is 356 g/mol. The maximum Gasteiger partial charge on any atom is 0.329 e. The molecule has 3 amide bonds. The number of nitrogens with one attached hydrogen (secondary N) is 2. The van der Waals surface area contributed by atoms with Crippen molar-refractivity contribution in [2.75, 3.05) is 13.7 Å². The second-order valence-electron chi connectivity index (χ2n) is 5.13. The second-order valence-corrected chi connectivity index (χ2v) is 5.13. The van der Waals surface area contributed by atoms with Gasteiger partial charge < -0.3 is 24.9 Å². The Labute approximate surface area is 154 Å². The van der Waals surface area contributed by atoms with E-state index in [2.05, 4.69) is 15.8 Å². The maximum absolute atomic E-state index is 11.7. The van der Waals surface area contributed by atoms with Gasteiger partial charge in [-0.15, -0.1) is 0 Å². The lowest BCUT2D eigenvalue weighted by Gasteiger charge is -2.09. The van der Waals surface area contributed by atoms with Crippen LogP contribution < -0.4 is 25.9 Å². The molecule has 0 radical (unpaired) electrons. The predicted molar refractivity (Wildman–Crippen MR) is 94.0 cm³/mol. The number of primary amides is 1. The van der Waals surface area contributed by atoms with E-state index < -0.39 is 17.7 Å². The van der Waals surface area contributed by atoms with Crippen molar-refractivity contribution in [1.29, 1.82) is 0 Å². The molecule has 0 aliphatic heterocycles. The molecule has 1 aromatic carbocycles. The summed E-state index contributed by atoms with van der Waals surface area (Å²) in [5.74, 6) is -1.19. The molecule has 0 bridgehead atoms. The van der Waals surface area contributed by atoms with Crippen LogP contribution in [0.2, 0.25) is 0 Å². The zero-order chi connectivity index (χ0) is 19.6. The van der Waals surface area contributed by atoms with E-state index in [0.717, 1.165) is 0 Å². The standard InChI is InChI=1S/C17H18N4O6/c1-25-14-7-11(4-5-13(14)27-10-15(18)22)8-20-21-17(24)16(23)19-9-12-3-2-6-26-12/h2-8H,9-10H2,1H3,(H2,18,22)(H,19,23)(H,21,24)/b20-8-. The van der Waals surface area contributed by atoms with Crippen LogP contribution in [0.25, 0.3) is 0 Å². The van der Waals surface area contributed by atoms with Gasteiger partial charge in [-0.2, -0.15) is 5.10 Å². The molecule has 4 N–H and O–H groups in total. The van der Waals surface area contributed by atoms with Crippen molar-refractivity contribution in [1.82, 2.24) is 10.7 Å². The monoisotopic (exact) mass is 374 g/mol. The van der Waals surface area contributed by atoms with Gasteiger partial charge in [-0.05, 0) is 35.9 Å². The Hall–Kier alpha value is -3.82. The summed E-state index contributed by atoms with van der Waals surface area (Å²) in [6.45, 7) is -0.195. The fourth-order valence-electron chi connectivity index (χ4n) is 1.91. The molecule has 0 aliphatic rings. The molecule has 0 unspecified atom stereocenters. The summed E-state index contributed by atoms with van der Waals surface area (Å²) in [5, 5.41) is 6.10. The van der Waals surface area contributed by atoms with Crippen LogP contribution in [0, 0.1) is 0 Å². The molecule has 0 fully saturated rings. The number of rotatable bonds is 8. The van der Waals surface area contributed by atoms with E-state index in [4.69, 9.17) is 19.6 Å². The number of hydrogen-bond acceptors (Lipinski definition) is 7. The third kappa shape index (κ3) is 6.20. The highest BCUT2D eigenvalue weighted by Gasteiger charge is 2.12. The molecule has 27 heavy (non-hydrogen) atoms. The normalized spacial score (nSPS) is 10.4. The first-order valence-corrected chi connectivity index (χ1v) is 7.72. The van der Waals surface area contributed by atoms with E-state index in [9.17, 15) is 14.4 Å². The number of furan rings is 1. The molecule has 0 aliphatic carbocycles. The van der Waals surface area contributed by atoms with Crippen molar-refractivity contribution in [2.45, 2.75) is 6.54 Å². The summed E-state index contributed by atoms with van der Waals surface area (Å²) < 4.78 is 15.4. The third-order valence-corrected chi connectivity index (χ3v) is 3.15. The minimum Gasteiger partial charge on any atom is -0.493 e. The molecule has 10 nitrogen and oxygen atoms in total. The van der Waals surface area contributed by atoms with Gasteiger partial charge >= 0.3 is 11.8 Å². The number of hydrogen-bond donors (Lipinski definition) is 3. The van der Waals surface area contributed by atoms with Crippen LogP contribution in [-0.2, 0) is 20.9 Å². The SMILES string of the molecule is COc1cc(/C=N\NC(=O)C(=O)NCc2ccco2)ccc1OCC(N)=O. The molecule has 2 rings (SSSR count). The number of amides is 3. The molecule has 10 heteroatoms. The van der Waals surface area contributed by atoms with E-state index in [1.165, 1.54) is 19.6 Å². The van der Waals surface area contributed by atoms with Crippen molar-refractivity contribution in [3.05, 3.63) is 47.9 Å². The summed E-state index contributed by atoms with van der Waals surface area (Å²) in [6, 6.07) is 8.08. The number of benzene rings is 1. The first-order chi connectivity index (χ1) is 13.0. The van der Waals surface area contributed by atoms with Gasteiger partial charge in [0, 0.05) is 0 Å². The van der Waals surface area contributed by atoms with Gasteiger partial charge in [0.1, 0.15) is 5.76 Å². The smallest absolute Gasteiger partial charge is 0.329 e. The number of hydrazone groups is 1. The molecule has 0 atom stereocenters. The van der Waals surface area contributed by atoms with Crippen molar-refractivity contribution >= 4 is 23.9 Å². The molecule has 0 spiro atoms. The van der Waals surface area contributed by atoms with Gasteiger partial charge in [0.25, 0.3) is 5.91 Å². The number of carbonyl (C=O) groups excluding carboxylic acids is 3. The average molecular weight is 374 g/mol. The van der Waals surface area contributed by atoms with Gasteiger partial charge in [-0.1, -0.05) is 0 Å². The van der Waals surface area contributed by atoms with E-state index in [1.54, 1.807) is 30.3 Å². The number of nitrogens with two attached hydrogens (primary N) is 1. The van der Waals surface area contributed by atoms with Crippen molar-refractivity contribution in [3.8, 4) is 11.5 Å². The topological polar surface area (TPSA) is 145 Å². The molecule has 1 aromatic heterocycles. The van der Waals surface area contributed by atoms with Gasteiger partial charge in [0.05, 0.1) is 26.1 Å². The lowest BCUT2D eigenvalue weighted by molar-refractivity contribution is -0.139. The van der Waals surface area contributed by atoms with Crippen LogP contribution in [0.3, 0.4) is 0 Å². The van der Waals surface area contributed by atoms with Crippen LogP contribution in [0.15, 0.2) is 46.1 Å². The van der Waals surface area contributed by atoms with E-state index >= 15 is 0 Å². The molecule has 1 heterocycles. The summed E-state index contributed by atoms with van der Waals surface area (Å²) >= 11 is 0. The zero-order valence-electron chi connectivity index (χ0n) is 14.4. The Morgan fingerprint density at radius 1 is 1.22 bits per heavy atom. The zero-order valence-corrected chi connectivity index (χ0v) is 14.4. The van der Waals surface area contributed by atoms with Crippen LogP contribution >= 0.6 is 0 Å². The highest BCUT2D eigenvalue weighted by Crippen LogP contribution is 2.27. The highest BCUT2D eigenvalue weighted by atomic mass is 16.5. The summed E-state index contributed by atoms with van der Waals surface area (Å²) in [4.78, 5) is 34.1. The lowest BCUT2D eigenvalue weighted by atomic mass is 10.2. The Morgan fingerprint density at radius 2 is 2.04 bits per heavy atom. The van der Waals surface area contributed by atoms with Gasteiger partial charge in [0.2, 0.25) is 0 Å². The van der Waals surface area contributed by atoms with E-state index in [-0.39, 0.29) is 13.2 Å². The molecular formula is C17H18N4O6. The first kappa shape index (κ1) is 19.5. The number of carbonyl (C=O) groups is 3. The van der Waals surface area contributed by atoms with Crippen molar-refractivity contribution < 1.29 is 28.3 Å². The quantitative estimate of drug-likeness (QED) is 0.335. The highest BCUT2D eigenvalue weighted by molar-refractivity contribution is 6.35. The molecule has 0 saturated heterocycles. The molecule has 2 aromatic rings. The van der Waals surface area contributed by atoms with Crippen molar-refractivity contribution in [2.24, 2.45) is 10.8 Å². The fraction of sp³-hybridized carbons (Fsp3) is 0.176. The second kappa shape index (κ2) is 9.61. The van der Waals surface area contributed by atoms with Gasteiger partial charge in [0.15, 0.2) is 18.1 Å². The van der Waals surface area contributed by atoms with Crippen LogP contribution in [0.1, 0.15) is 11.3 Å². The van der Waals surface area contributed by atoms with Crippen LogP contribution in [0.4, 0.5) is 0 Å². The minimum absolute atomic E-state index is 0.0902. The van der Waals surface area contributed by atoms with Gasteiger partial charge in [-0.25, -0.2) is 5.43 Å². The van der Waals surface area contributed by atoms with Crippen LogP contribution in [-0.4, -0.2) is 37.7 Å².